The molecule has 0 saturated heterocycles. The summed E-state index contributed by atoms with van der Waals surface area (Å²) in [5, 5.41) is 5.72. The molecule has 0 aliphatic rings. The summed E-state index contributed by atoms with van der Waals surface area (Å²) in [6.45, 7) is 0.402. The van der Waals surface area contributed by atoms with Crippen molar-refractivity contribution in [2.75, 3.05) is 0 Å². The molecule has 0 unspecified atom stereocenters. The van der Waals surface area contributed by atoms with E-state index in [1.165, 1.54) is 11.3 Å². The first-order valence-electron chi connectivity index (χ1n) is 7.01. The lowest BCUT2D eigenvalue weighted by Crippen LogP contribution is -2.23. The molecule has 122 valence electrons. The molecule has 0 saturated carbocycles. The molecule has 24 heavy (non-hydrogen) atoms. The predicted octanol–water partition coefficient (Wildman–Crippen LogP) is 5.28. The summed E-state index contributed by atoms with van der Waals surface area (Å²) in [5.74, 6) is 0.486. The van der Waals surface area contributed by atoms with E-state index in [0.717, 1.165) is 10.0 Å². The van der Waals surface area contributed by atoms with Crippen LogP contribution in [-0.2, 0) is 6.54 Å². The molecule has 3 rings (SSSR count). The van der Waals surface area contributed by atoms with E-state index in [9.17, 15) is 4.79 Å². The van der Waals surface area contributed by atoms with Gasteiger partial charge in [0.05, 0.1) is 10.6 Å². The molecule has 4 nitrogen and oxygen atoms in total. The Morgan fingerprint density at radius 2 is 2.04 bits per heavy atom. The van der Waals surface area contributed by atoms with E-state index < -0.39 is 0 Å². The van der Waals surface area contributed by atoms with E-state index in [2.05, 4.69) is 26.2 Å². The zero-order chi connectivity index (χ0) is 16.9. The quantitative estimate of drug-likeness (QED) is 0.607. The number of nitrogens with one attached hydrogen (secondary N) is 1. The SMILES string of the molecule is O=C(NCc1ccc(Oc2nccs2)cc1)c1cc(Br)ccc1Cl. The first kappa shape index (κ1) is 17.0. The molecule has 0 spiro atoms. The first-order valence-corrected chi connectivity index (χ1v) is 9.06. The predicted molar refractivity (Wildman–Crippen MR) is 99.0 cm³/mol. The zero-order valence-electron chi connectivity index (χ0n) is 12.3. The zero-order valence-corrected chi connectivity index (χ0v) is 15.5. The molecule has 1 N–H and O–H groups in total. The van der Waals surface area contributed by atoms with Gasteiger partial charge in [0.1, 0.15) is 5.75 Å². The lowest BCUT2D eigenvalue weighted by molar-refractivity contribution is 0.0951. The van der Waals surface area contributed by atoms with Gasteiger partial charge in [-0.25, -0.2) is 4.98 Å². The van der Waals surface area contributed by atoms with E-state index in [4.69, 9.17) is 16.3 Å². The topological polar surface area (TPSA) is 51.2 Å². The number of ether oxygens (including phenoxy) is 1. The van der Waals surface area contributed by atoms with Crippen LogP contribution in [0.3, 0.4) is 0 Å². The van der Waals surface area contributed by atoms with Gasteiger partial charge in [0.15, 0.2) is 0 Å². The number of benzene rings is 2. The standard InChI is InChI=1S/C17H12BrClN2O2S/c18-12-3-6-15(19)14(9-12)16(22)21-10-11-1-4-13(5-2-11)23-17-20-7-8-24-17/h1-9H,10H2,(H,21,22). The van der Waals surface area contributed by atoms with Gasteiger partial charge >= 0.3 is 0 Å². The summed E-state index contributed by atoms with van der Waals surface area (Å²) in [4.78, 5) is 16.3. The summed E-state index contributed by atoms with van der Waals surface area (Å²) in [6.07, 6.45) is 1.69. The molecule has 3 aromatic rings. The van der Waals surface area contributed by atoms with Crippen molar-refractivity contribution in [3.63, 3.8) is 0 Å². The van der Waals surface area contributed by atoms with Crippen molar-refractivity contribution in [2.45, 2.75) is 6.54 Å². The van der Waals surface area contributed by atoms with Crippen molar-refractivity contribution in [1.29, 1.82) is 0 Å². The molecule has 0 aliphatic carbocycles. The molecule has 0 radical (unpaired) electrons. The summed E-state index contributed by atoms with van der Waals surface area (Å²) in [7, 11) is 0. The minimum Gasteiger partial charge on any atom is -0.431 e. The summed E-state index contributed by atoms with van der Waals surface area (Å²) < 4.78 is 6.40. The number of amides is 1. The van der Waals surface area contributed by atoms with Crippen LogP contribution in [0.4, 0.5) is 0 Å². The summed E-state index contributed by atoms with van der Waals surface area (Å²) in [5.41, 5.74) is 1.40. The van der Waals surface area contributed by atoms with E-state index in [1.807, 2.05) is 29.6 Å². The van der Waals surface area contributed by atoms with Crippen LogP contribution >= 0.6 is 38.9 Å². The number of aromatic nitrogens is 1. The van der Waals surface area contributed by atoms with Crippen LogP contribution in [0, 0.1) is 0 Å². The third-order valence-corrected chi connectivity index (χ3v) is 4.64. The smallest absolute Gasteiger partial charge is 0.278 e. The Hall–Kier alpha value is -1.89. The number of thiazole rings is 1. The Balaban J connectivity index is 1.60. The molecular weight excluding hydrogens is 412 g/mol. The third-order valence-electron chi connectivity index (χ3n) is 3.16. The number of carbonyl (C=O) groups excluding carboxylic acids is 1. The molecular formula is C17H12BrClN2O2S. The monoisotopic (exact) mass is 422 g/mol. The molecule has 7 heteroatoms. The second-order valence-electron chi connectivity index (χ2n) is 4.85. The minimum atomic E-state index is -0.218. The molecule has 0 aliphatic heterocycles. The third kappa shape index (κ3) is 4.35. The van der Waals surface area contributed by atoms with Crippen LogP contribution in [0.1, 0.15) is 15.9 Å². The number of hydrogen-bond donors (Lipinski definition) is 1. The summed E-state index contributed by atoms with van der Waals surface area (Å²) in [6, 6.07) is 12.6. The van der Waals surface area contributed by atoms with Crippen LogP contribution in [-0.4, -0.2) is 10.9 Å². The highest BCUT2D eigenvalue weighted by Gasteiger charge is 2.10. The lowest BCUT2D eigenvalue weighted by atomic mass is 10.2. The van der Waals surface area contributed by atoms with Crippen LogP contribution in [0.15, 0.2) is 58.5 Å². The van der Waals surface area contributed by atoms with Gasteiger partial charge in [-0.15, -0.1) is 0 Å². The first-order chi connectivity index (χ1) is 11.6. The second kappa shape index (κ2) is 7.79. The maximum absolute atomic E-state index is 12.2. The van der Waals surface area contributed by atoms with Crippen molar-refractivity contribution < 1.29 is 9.53 Å². The molecule has 2 aromatic carbocycles. The second-order valence-corrected chi connectivity index (χ2v) is 7.03. The highest BCUT2D eigenvalue weighted by atomic mass is 79.9. The van der Waals surface area contributed by atoms with E-state index >= 15 is 0 Å². The Bertz CT molecular complexity index is 838. The van der Waals surface area contributed by atoms with Gasteiger partial charge in [-0.3, -0.25) is 4.79 Å². The minimum absolute atomic E-state index is 0.218. The van der Waals surface area contributed by atoms with E-state index in [1.54, 1.807) is 24.4 Å². The van der Waals surface area contributed by atoms with Gasteiger partial charge < -0.3 is 10.1 Å². The molecule has 0 bridgehead atoms. The Kier molecular flexibility index (Phi) is 5.50. The molecule has 0 fully saturated rings. The van der Waals surface area contributed by atoms with Gasteiger partial charge in [-0.2, -0.15) is 0 Å². The number of nitrogens with zero attached hydrogens (tertiary/aromatic N) is 1. The fraction of sp³-hybridized carbons (Fsp3) is 0.0588. The molecule has 1 aromatic heterocycles. The lowest BCUT2D eigenvalue weighted by Gasteiger charge is -2.08. The van der Waals surface area contributed by atoms with E-state index in [-0.39, 0.29) is 5.91 Å². The van der Waals surface area contributed by atoms with Crippen molar-refractivity contribution in [3.8, 4) is 10.9 Å². The Morgan fingerprint density at radius 3 is 2.75 bits per heavy atom. The van der Waals surface area contributed by atoms with Gasteiger partial charge in [0.2, 0.25) is 0 Å². The highest BCUT2D eigenvalue weighted by molar-refractivity contribution is 9.10. The average molecular weight is 424 g/mol. The maximum atomic E-state index is 12.2. The molecule has 1 heterocycles. The van der Waals surface area contributed by atoms with Crippen LogP contribution < -0.4 is 10.1 Å². The fourth-order valence-electron chi connectivity index (χ4n) is 1.99. The van der Waals surface area contributed by atoms with Gasteiger partial charge in [-0.05, 0) is 35.9 Å². The van der Waals surface area contributed by atoms with Crippen molar-refractivity contribution in [1.82, 2.24) is 10.3 Å². The maximum Gasteiger partial charge on any atom is 0.278 e. The molecule has 1 amide bonds. The normalized spacial score (nSPS) is 10.4. The van der Waals surface area contributed by atoms with Crippen LogP contribution in [0.5, 0.6) is 10.9 Å². The number of halogens is 2. The summed E-state index contributed by atoms with van der Waals surface area (Å²) >= 11 is 10.8. The van der Waals surface area contributed by atoms with Crippen molar-refractivity contribution in [3.05, 3.63) is 74.7 Å². The number of carbonyl (C=O) groups is 1. The number of hydrogen-bond acceptors (Lipinski definition) is 4. The van der Waals surface area contributed by atoms with Gasteiger partial charge in [0, 0.05) is 22.6 Å². The van der Waals surface area contributed by atoms with Crippen LogP contribution in [0.2, 0.25) is 5.02 Å². The van der Waals surface area contributed by atoms with Gasteiger partial charge in [-0.1, -0.05) is 51.0 Å². The van der Waals surface area contributed by atoms with Crippen molar-refractivity contribution in [2.24, 2.45) is 0 Å². The average Bonchev–Trinajstić information content (AvgIpc) is 3.09. The largest absolute Gasteiger partial charge is 0.431 e. The Labute approximate surface area is 156 Å². The Morgan fingerprint density at radius 1 is 1.25 bits per heavy atom. The highest BCUT2D eigenvalue weighted by Crippen LogP contribution is 2.24. The fourth-order valence-corrected chi connectivity index (χ4v) is 3.05. The van der Waals surface area contributed by atoms with Crippen LogP contribution in [0.25, 0.3) is 0 Å². The number of rotatable bonds is 5. The van der Waals surface area contributed by atoms with Crippen molar-refractivity contribution >= 4 is 44.8 Å². The van der Waals surface area contributed by atoms with E-state index in [0.29, 0.717) is 28.1 Å². The molecule has 0 atom stereocenters. The van der Waals surface area contributed by atoms with Gasteiger partial charge in [0.25, 0.3) is 11.1 Å².